The number of hydrogen-bond donors (Lipinski definition) is 1. The molecule has 0 saturated carbocycles. The van der Waals surface area contributed by atoms with Crippen LogP contribution in [0.1, 0.15) is 15.4 Å². The first-order chi connectivity index (χ1) is 7.09. The monoisotopic (exact) mass is 227 g/mol. The summed E-state index contributed by atoms with van der Waals surface area (Å²) in [7, 11) is 0. The molecule has 0 aromatic carbocycles. The SMILES string of the molecule is Cc1nnsc1C(=O)N1CC(C(=O)O)C1. The van der Waals surface area contributed by atoms with E-state index < -0.39 is 11.9 Å². The maximum Gasteiger partial charge on any atom is 0.310 e. The maximum absolute atomic E-state index is 11.7. The third-order valence-electron chi connectivity index (χ3n) is 2.36. The Bertz CT molecular complexity index is 411. The van der Waals surface area contributed by atoms with Gasteiger partial charge >= 0.3 is 5.97 Å². The predicted molar refractivity (Wildman–Crippen MR) is 51.7 cm³/mol. The minimum Gasteiger partial charge on any atom is -0.481 e. The number of carbonyl (C=O) groups is 2. The molecular formula is C8H9N3O3S. The lowest BCUT2D eigenvalue weighted by molar-refractivity contribution is -0.146. The van der Waals surface area contributed by atoms with E-state index in [1.54, 1.807) is 6.92 Å². The zero-order chi connectivity index (χ0) is 11.0. The van der Waals surface area contributed by atoms with Crippen LogP contribution in [-0.2, 0) is 4.79 Å². The molecule has 1 aliphatic heterocycles. The lowest BCUT2D eigenvalue weighted by Gasteiger charge is -2.36. The molecule has 1 aliphatic rings. The minimum atomic E-state index is -0.849. The predicted octanol–water partition coefficient (Wildman–Crippen LogP) is 0.00312. The highest BCUT2D eigenvalue weighted by Gasteiger charge is 2.37. The number of carboxylic acids is 1. The van der Waals surface area contributed by atoms with E-state index in [-0.39, 0.29) is 19.0 Å². The van der Waals surface area contributed by atoms with E-state index in [0.29, 0.717) is 10.6 Å². The number of amides is 1. The zero-order valence-corrected chi connectivity index (χ0v) is 8.82. The first-order valence-corrected chi connectivity index (χ1v) is 5.18. The molecule has 0 unspecified atom stereocenters. The fourth-order valence-corrected chi connectivity index (χ4v) is 2.00. The summed E-state index contributed by atoms with van der Waals surface area (Å²) >= 11 is 1.05. The summed E-state index contributed by atoms with van der Waals surface area (Å²) in [5.74, 6) is -1.44. The Hall–Kier alpha value is -1.50. The van der Waals surface area contributed by atoms with Crippen LogP contribution < -0.4 is 0 Å². The van der Waals surface area contributed by atoms with Crippen molar-refractivity contribution >= 4 is 23.4 Å². The molecule has 1 aromatic rings. The molecule has 1 fully saturated rings. The Morgan fingerprint density at radius 1 is 1.53 bits per heavy atom. The van der Waals surface area contributed by atoms with E-state index in [9.17, 15) is 9.59 Å². The van der Waals surface area contributed by atoms with Crippen molar-refractivity contribution in [1.82, 2.24) is 14.5 Å². The van der Waals surface area contributed by atoms with Gasteiger partial charge in [-0.2, -0.15) is 0 Å². The number of aryl methyl sites for hydroxylation is 1. The van der Waals surface area contributed by atoms with Crippen molar-refractivity contribution in [1.29, 1.82) is 0 Å². The molecule has 0 radical (unpaired) electrons. The number of carboxylic acid groups (broad SMARTS) is 1. The Labute approximate surface area is 89.7 Å². The summed E-state index contributed by atoms with van der Waals surface area (Å²) in [5.41, 5.74) is 0.601. The van der Waals surface area contributed by atoms with Gasteiger partial charge in [0.25, 0.3) is 5.91 Å². The number of rotatable bonds is 2. The van der Waals surface area contributed by atoms with Crippen LogP contribution in [0.15, 0.2) is 0 Å². The van der Waals surface area contributed by atoms with Crippen LogP contribution in [0.4, 0.5) is 0 Å². The lowest BCUT2D eigenvalue weighted by Crippen LogP contribution is -2.52. The van der Waals surface area contributed by atoms with Crippen LogP contribution in [0, 0.1) is 12.8 Å². The van der Waals surface area contributed by atoms with Crippen LogP contribution >= 0.6 is 11.5 Å². The van der Waals surface area contributed by atoms with Crippen molar-refractivity contribution in [2.24, 2.45) is 5.92 Å². The van der Waals surface area contributed by atoms with E-state index in [2.05, 4.69) is 9.59 Å². The first kappa shape index (κ1) is 10.0. The molecule has 7 heteroatoms. The summed E-state index contributed by atoms with van der Waals surface area (Å²) in [6.07, 6.45) is 0. The third kappa shape index (κ3) is 1.70. The van der Waals surface area contributed by atoms with Gasteiger partial charge in [0.1, 0.15) is 4.88 Å². The van der Waals surface area contributed by atoms with E-state index in [0.717, 1.165) is 11.5 Å². The molecule has 1 amide bonds. The van der Waals surface area contributed by atoms with E-state index in [1.165, 1.54) is 4.90 Å². The highest BCUT2D eigenvalue weighted by Crippen LogP contribution is 2.21. The van der Waals surface area contributed by atoms with Crippen molar-refractivity contribution in [3.05, 3.63) is 10.6 Å². The van der Waals surface area contributed by atoms with Gasteiger partial charge in [-0.3, -0.25) is 9.59 Å². The van der Waals surface area contributed by atoms with Crippen LogP contribution in [0.5, 0.6) is 0 Å². The van der Waals surface area contributed by atoms with Crippen molar-refractivity contribution in [3.63, 3.8) is 0 Å². The number of carbonyl (C=O) groups excluding carboxylic acids is 1. The highest BCUT2D eigenvalue weighted by molar-refractivity contribution is 7.07. The molecule has 6 nitrogen and oxygen atoms in total. The van der Waals surface area contributed by atoms with Crippen LogP contribution in [-0.4, -0.2) is 44.6 Å². The second-order valence-electron chi connectivity index (χ2n) is 3.43. The molecule has 80 valence electrons. The van der Waals surface area contributed by atoms with Crippen molar-refractivity contribution in [2.75, 3.05) is 13.1 Å². The molecule has 0 atom stereocenters. The Balaban J connectivity index is 2.01. The van der Waals surface area contributed by atoms with Crippen molar-refractivity contribution in [3.8, 4) is 0 Å². The van der Waals surface area contributed by atoms with Gasteiger partial charge in [0.2, 0.25) is 0 Å². The van der Waals surface area contributed by atoms with Gasteiger partial charge in [0.15, 0.2) is 0 Å². The molecule has 2 heterocycles. The maximum atomic E-state index is 11.7. The topological polar surface area (TPSA) is 83.4 Å². The second-order valence-corrected chi connectivity index (χ2v) is 4.19. The normalized spacial score (nSPS) is 16.2. The second kappa shape index (κ2) is 3.58. The van der Waals surface area contributed by atoms with Crippen LogP contribution in [0.2, 0.25) is 0 Å². The zero-order valence-electron chi connectivity index (χ0n) is 8.01. The molecule has 0 spiro atoms. The van der Waals surface area contributed by atoms with E-state index in [1.807, 2.05) is 0 Å². The largest absolute Gasteiger partial charge is 0.481 e. The third-order valence-corrected chi connectivity index (χ3v) is 3.18. The smallest absolute Gasteiger partial charge is 0.310 e. The average molecular weight is 227 g/mol. The Morgan fingerprint density at radius 2 is 2.20 bits per heavy atom. The van der Waals surface area contributed by atoms with Crippen molar-refractivity contribution in [2.45, 2.75) is 6.92 Å². The standard InChI is InChI=1S/C8H9N3O3S/c1-4-6(15-10-9-4)7(12)11-2-5(3-11)8(13)14/h5H,2-3H2,1H3,(H,13,14). The summed E-state index contributed by atoms with van der Waals surface area (Å²) < 4.78 is 3.67. The molecule has 1 aromatic heterocycles. The quantitative estimate of drug-likeness (QED) is 0.769. The van der Waals surface area contributed by atoms with Gasteiger partial charge in [0.05, 0.1) is 11.6 Å². The fourth-order valence-electron chi connectivity index (χ4n) is 1.37. The lowest BCUT2D eigenvalue weighted by atomic mass is 10.0. The molecular weight excluding hydrogens is 218 g/mol. The van der Waals surface area contributed by atoms with E-state index in [4.69, 9.17) is 5.11 Å². The molecule has 0 bridgehead atoms. The van der Waals surface area contributed by atoms with Gasteiger partial charge in [-0.15, -0.1) is 5.10 Å². The molecule has 1 saturated heterocycles. The summed E-state index contributed by atoms with van der Waals surface area (Å²) in [5, 5.41) is 12.4. The summed E-state index contributed by atoms with van der Waals surface area (Å²) in [6.45, 7) is 2.28. The Morgan fingerprint density at radius 3 is 2.67 bits per heavy atom. The molecule has 15 heavy (non-hydrogen) atoms. The molecule has 0 aliphatic carbocycles. The minimum absolute atomic E-state index is 0.167. The summed E-state index contributed by atoms with van der Waals surface area (Å²) in [6, 6.07) is 0. The average Bonchev–Trinajstić information content (AvgIpc) is 2.47. The number of nitrogens with zero attached hydrogens (tertiary/aromatic N) is 3. The summed E-state index contributed by atoms with van der Waals surface area (Å²) in [4.78, 5) is 24.3. The molecule has 1 N–H and O–H groups in total. The Kier molecular flexibility index (Phi) is 2.39. The van der Waals surface area contributed by atoms with E-state index >= 15 is 0 Å². The van der Waals surface area contributed by atoms with Crippen LogP contribution in [0.25, 0.3) is 0 Å². The number of aliphatic carboxylic acids is 1. The van der Waals surface area contributed by atoms with Gasteiger partial charge in [-0.05, 0) is 18.5 Å². The fraction of sp³-hybridized carbons (Fsp3) is 0.500. The highest BCUT2D eigenvalue weighted by atomic mass is 32.1. The number of likely N-dealkylation sites (tertiary alicyclic amines) is 1. The number of hydrogen-bond acceptors (Lipinski definition) is 5. The van der Waals surface area contributed by atoms with Gasteiger partial charge in [-0.1, -0.05) is 4.49 Å². The molecule has 2 rings (SSSR count). The van der Waals surface area contributed by atoms with Crippen LogP contribution in [0.3, 0.4) is 0 Å². The number of aromatic nitrogens is 2. The van der Waals surface area contributed by atoms with Gasteiger partial charge in [-0.25, -0.2) is 0 Å². The van der Waals surface area contributed by atoms with Gasteiger partial charge in [0, 0.05) is 13.1 Å². The van der Waals surface area contributed by atoms with Gasteiger partial charge < -0.3 is 10.0 Å². The van der Waals surface area contributed by atoms with Crippen molar-refractivity contribution < 1.29 is 14.7 Å². The first-order valence-electron chi connectivity index (χ1n) is 4.40.